The van der Waals surface area contributed by atoms with E-state index in [9.17, 15) is 18.3 Å². The Balaban J connectivity index is 1.74. The Morgan fingerprint density at radius 1 is 0.960 bits per heavy atom. The highest BCUT2D eigenvalue weighted by Gasteiger charge is 2.31. The number of rotatable bonds is 7. The topological polar surface area (TPSA) is 51.6 Å². The summed E-state index contributed by atoms with van der Waals surface area (Å²) < 4.78 is 49.9. The third kappa shape index (κ3) is 6.07. The maximum absolute atomic E-state index is 12.6. The van der Waals surface area contributed by atoms with Crippen LogP contribution < -0.4 is 9.47 Å². The van der Waals surface area contributed by atoms with Crippen LogP contribution in [0, 0.1) is 0 Å². The third-order valence-corrected chi connectivity index (χ3v) is 4.26. The molecule has 0 saturated heterocycles. The van der Waals surface area contributed by atoms with Crippen LogP contribution >= 0.6 is 31.9 Å². The standard InChI is InChI=1S/C16H14Br2F3NO3/c17-13-6-11(23)7-14(18)15(13)25-4-2-1-3-24-12-5-10(8-22-9-12)16(19,20)21/h5-9,23H,1-4H2. The zero-order valence-corrected chi connectivity index (χ0v) is 16.0. The first-order chi connectivity index (χ1) is 11.8. The van der Waals surface area contributed by atoms with Crippen molar-refractivity contribution in [3.63, 3.8) is 0 Å². The molecule has 1 aromatic heterocycles. The molecule has 0 aliphatic heterocycles. The number of nitrogens with zero attached hydrogens (tertiary/aromatic N) is 1. The van der Waals surface area contributed by atoms with Crippen molar-refractivity contribution in [1.29, 1.82) is 0 Å². The normalized spacial score (nSPS) is 11.4. The Kier molecular flexibility index (Phi) is 6.95. The van der Waals surface area contributed by atoms with E-state index in [2.05, 4.69) is 36.8 Å². The number of hydrogen-bond donors (Lipinski definition) is 1. The molecule has 1 aromatic carbocycles. The predicted octanol–water partition coefficient (Wildman–Crippen LogP) is 5.57. The molecule has 0 bridgehead atoms. The van der Waals surface area contributed by atoms with Gasteiger partial charge < -0.3 is 14.6 Å². The van der Waals surface area contributed by atoms with Gasteiger partial charge in [0.05, 0.1) is 33.9 Å². The van der Waals surface area contributed by atoms with Crippen LogP contribution in [0.1, 0.15) is 18.4 Å². The van der Waals surface area contributed by atoms with Gasteiger partial charge in [0.1, 0.15) is 17.2 Å². The summed E-state index contributed by atoms with van der Waals surface area (Å²) in [6, 6.07) is 3.96. The van der Waals surface area contributed by atoms with E-state index in [1.165, 1.54) is 18.3 Å². The van der Waals surface area contributed by atoms with Crippen LogP contribution in [0.5, 0.6) is 17.2 Å². The maximum atomic E-state index is 12.6. The Morgan fingerprint density at radius 2 is 1.56 bits per heavy atom. The van der Waals surface area contributed by atoms with Crippen molar-refractivity contribution in [2.45, 2.75) is 19.0 Å². The average Bonchev–Trinajstić information content (AvgIpc) is 2.52. The zero-order valence-electron chi connectivity index (χ0n) is 12.8. The van der Waals surface area contributed by atoms with E-state index >= 15 is 0 Å². The minimum atomic E-state index is -4.44. The van der Waals surface area contributed by atoms with Crippen molar-refractivity contribution < 1.29 is 27.8 Å². The first-order valence-electron chi connectivity index (χ1n) is 7.23. The van der Waals surface area contributed by atoms with E-state index in [1.807, 2.05) is 0 Å². The highest BCUT2D eigenvalue weighted by Crippen LogP contribution is 2.37. The summed E-state index contributed by atoms with van der Waals surface area (Å²) in [7, 11) is 0. The summed E-state index contributed by atoms with van der Waals surface area (Å²) in [6.45, 7) is 0.649. The number of halogens is 5. The Hall–Kier alpha value is -1.48. The van der Waals surface area contributed by atoms with E-state index in [0.717, 1.165) is 12.3 Å². The molecule has 0 atom stereocenters. The van der Waals surface area contributed by atoms with E-state index in [-0.39, 0.29) is 18.1 Å². The van der Waals surface area contributed by atoms with Crippen LogP contribution in [-0.4, -0.2) is 23.3 Å². The number of ether oxygens (including phenoxy) is 2. The smallest absolute Gasteiger partial charge is 0.418 e. The van der Waals surface area contributed by atoms with Crippen molar-refractivity contribution in [3.8, 4) is 17.2 Å². The van der Waals surface area contributed by atoms with Gasteiger partial charge in [-0.3, -0.25) is 4.98 Å². The van der Waals surface area contributed by atoms with Gasteiger partial charge in [-0.1, -0.05) is 0 Å². The molecule has 9 heteroatoms. The lowest BCUT2D eigenvalue weighted by Gasteiger charge is -2.11. The average molecular weight is 485 g/mol. The number of pyridine rings is 1. The molecule has 0 amide bonds. The molecule has 1 N–H and O–H groups in total. The van der Waals surface area contributed by atoms with Crippen LogP contribution in [0.15, 0.2) is 39.5 Å². The summed E-state index contributed by atoms with van der Waals surface area (Å²) in [5, 5.41) is 9.43. The SMILES string of the molecule is Oc1cc(Br)c(OCCCCOc2cncc(C(F)(F)F)c2)c(Br)c1. The summed E-state index contributed by atoms with van der Waals surface area (Å²) >= 11 is 6.59. The quantitative estimate of drug-likeness (QED) is 0.522. The lowest BCUT2D eigenvalue weighted by atomic mass is 10.2. The molecular weight excluding hydrogens is 471 g/mol. The molecule has 0 fully saturated rings. The molecule has 0 aliphatic carbocycles. The second kappa shape index (κ2) is 8.75. The van der Waals surface area contributed by atoms with Crippen LogP contribution in [0.25, 0.3) is 0 Å². The number of unbranched alkanes of at least 4 members (excludes halogenated alkanes) is 1. The fourth-order valence-electron chi connectivity index (χ4n) is 1.91. The number of phenolic OH excluding ortho intramolecular Hbond substituents is 1. The minimum Gasteiger partial charge on any atom is -0.508 e. The third-order valence-electron chi connectivity index (χ3n) is 3.08. The molecular formula is C16H14Br2F3NO3. The Morgan fingerprint density at radius 3 is 2.16 bits per heavy atom. The Labute approximate surface area is 159 Å². The summed E-state index contributed by atoms with van der Waals surface area (Å²) in [5.74, 6) is 0.759. The molecule has 2 aromatic rings. The number of benzene rings is 1. The van der Waals surface area contributed by atoms with E-state index < -0.39 is 11.7 Å². The number of aromatic hydroxyl groups is 1. The highest BCUT2D eigenvalue weighted by molar-refractivity contribution is 9.11. The fraction of sp³-hybridized carbons (Fsp3) is 0.312. The van der Waals surface area contributed by atoms with Crippen molar-refractivity contribution in [1.82, 2.24) is 4.98 Å². The van der Waals surface area contributed by atoms with Gasteiger partial charge in [-0.05, 0) is 62.9 Å². The van der Waals surface area contributed by atoms with Gasteiger partial charge in [-0.15, -0.1) is 0 Å². The molecule has 4 nitrogen and oxygen atoms in total. The first kappa shape index (κ1) is 19.8. The van der Waals surface area contributed by atoms with Gasteiger partial charge in [0.25, 0.3) is 0 Å². The van der Waals surface area contributed by atoms with Crippen molar-refractivity contribution in [3.05, 3.63) is 45.1 Å². The van der Waals surface area contributed by atoms with Crippen LogP contribution in [0.3, 0.4) is 0 Å². The van der Waals surface area contributed by atoms with Gasteiger partial charge >= 0.3 is 6.18 Å². The van der Waals surface area contributed by atoms with Gasteiger partial charge in [0, 0.05) is 6.20 Å². The number of phenols is 1. The Bertz CT molecular complexity index is 703. The van der Waals surface area contributed by atoms with E-state index in [0.29, 0.717) is 34.1 Å². The summed E-state index contributed by atoms with van der Waals surface area (Å²) in [4.78, 5) is 3.53. The molecule has 0 spiro atoms. The summed E-state index contributed by atoms with van der Waals surface area (Å²) in [5.41, 5.74) is -0.838. The van der Waals surface area contributed by atoms with Crippen molar-refractivity contribution in [2.24, 2.45) is 0 Å². The van der Waals surface area contributed by atoms with Crippen molar-refractivity contribution >= 4 is 31.9 Å². The molecule has 2 rings (SSSR count). The van der Waals surface area contributed by atoms with Gasteiger partial charge in [0.15, 0.2) is 0 Å². The molecule has 1 heterocycles. The maximum Gasteiger partial charge on any atom is 0.418 e. The molecule has 25 heavy (non-hydrogen) atoms. The summed E-state index contributed by atoms with van der Waals surface area (Å²) in [6.07, 6.45) is -1.19. The van der Waals surface area contributed by atoms with Crippen LogP contribution in [-0.2, 0) is 6.18 Å². The van der Waals surface area contributed by atoms with E-state index in [4.69, 9.17) is 9.47 Å². The minimum absolute atomic E-state index is 0.0831. The van der Waals surface area contributed by atoms with Gasteiger partial charge in [-0.25, -0.2) is 0 Å². The molecule has 0 saturated carbocycles. The largest absolute Gasteiger partial charge is 0.508 e. The number of hydrogen-bond acceptors (Lipinski definition) is 4. The number of aromatic nitrogens is 1. The fourth-order valence-corrected chi connectivity index (χ4v) is 3.30. The van der Waals surface area contributed by atoms with Gasteiger partial charge in [-0.2, -0.15) is 13.2 Å². The van der Waals surface area contributed by atoms with Crippen LogP contribution in [0.4, 0.5) is 13.2 Å². The monoisotopic (exact) mass is 483 g/mol. The first-order valence-corrected chi connectivity index (χ1v) is 8.82. The van der Waals surface area contributed by atoms with Gasteiger partial charge in [0.2, 0.25) is 0 Å². The molecule has 0 unspecified atom stereocenters. The lowest BCUT2D eigenvalue weighted by Crippen LogP contribution is -2.07. The van der Waals surface area contributed by atoms with Crippen LogP contribution in [0.2, 0.25) is 0 Å². The lowest BCUT2D eigenvalue weighted by molar-refractivity contribution is -0.137. The molecule has 136 valence electrons. The second-order valence-corrected chi connectivity index (χ2v) is 6.76. The predicted molar refractivity (Wildman–Crippen MR) is 93.0 cm³/mol. The zero-order chi connectivity index (χ0) is 18.4. The second-order valence-electron chi connectivity index (χ2n) is 5.05. The number of alkyl halides is 3. The molecule has 0 aliphatic rings. The van der Waals surface area contributed by atoms with Crippen molar-refractivity contribution in [2.75, 3.05) is 13.2 Å². The van der Waals surface area contributed by atoms with E-state index in [1.54, 1.807) is 0 Å². The molecule has 0 radical (unpaired) electrons. The highest BCUT2D eigenvalue weighted by atomic mass is 79.9.